The van der Waals surface area contributed by atoms with Crippen LogP contribution in [-0.2, 0) is 11.0 Å². The molecule has 0 aliphatic rings. The Kier molecular flexibility index (Phi) is 8.96. The third kappa shape index (κ3) is 6.72. The predicted octanol–water partition coefficient (Wildman–Crippen LogP) is 7.73. The fourth-order valence-electron chi connectivity index (χ4n) is 3.79. The number of aromatic nitrogens is 1. The van der Waals surface area contributed by atoms with Gasteiger partial charge in [-0.15, -0.1) is 0 Å². The fraction of sp³-hybridized carbons (Fsp3) is 0.250. The van der Waals surface area contributed by atoms with Gasteiger partial charge in [0.15, 0.2) is 5.13 Å². The molecule has 3 N–H and O–H groups in total. The summed E-state index contributed by atoms with van der Waals surface area (Å²) >= 11 is 0.981. The van der Waals surface area contributed by atoms with Crippen LogP contribution in [0.15, 0.2) is 60.7 Å². The highest BCUT2D eigenvalue weighted by Gasteiger charge is 2.31. The quantitative estimate of drug-likeness (QED) is 0.192. The van der Waals surface area contributed by atoms with Crippen LogP contribution >= 0.6 is 11.3 Å². The summed E-state index contributed by atoms with van der Waals surface area (Å²) in [7, 11) is 0. The Labute approximate surface area is 226 Å². The molecular formula is C28H27F4N3O3S. The summed E-state index contributed by atoms with van der Waals surface area (Å²) in [5, 5.41) is 15.0. The van der Waals surface area contributed by atoms with E-state index in [0.717, 1.165) is 23.5 Å². The zero-order valence-corrected chi connectivity index (χ0v) is 21.1. The predicted molar refractivity (Wildman–Crippen MR) is 145 cm³/mol. The number of carbonyl (C=O) groups excluding carboxylic acids is 1. The number of benzene rings is 3. The molecular weight excluding hydrogens is 534 g/mol. The largest absolute Gasteiger partial charge is 0.480 e. The molecule has 0 saturated carbocycles. The molecule has 4 rings (SSSR count). The second kappa shape index (κ2) is 11.8. The topological polar surface area (TPSA) is 91.3 Å². The van der Waals surface area contributed by atoms with Crippen molar-refractivity contribution in [3.05, 3.63) is 77.6 Å². The standard InChI is InChI=1S/C27H23F4N3O3S.CH4/c1-3-14(2)23(25(36)37)34-24(35)16-6-4-15(5-7-16)17-8-10-20(19(28)12-17)32-26-33-21-11-9-18(27(29,30)31)13-22(21)38-26;/h4-14,23H,3H2,1-2H3,(H,32,33)(H,34,35)(H,36,37);1H4/t14-,23-;/m0./s1. The summed E-state index contributed by atoms with van der Waals surface area (Å²) in [5.41, 5.74) is 1.11. The van der Waals surface area contributed by atoms with Crippen LogP contribution in [0.4, 0.5) is 28.4 Å². The van der Waals surface area contributed by atoms with E-state index in [-0.39, 0.29) is 29.7 Å². The number of alkyl halides is 3. The van der Waals surface area contributed by atoms with E-state index in [9.17, 15) is 32.3 Å². The number of hydrogen-bond acceptors (Lipinski definition) is 5. The first-order valence-electron chi connectivity index (χ1n) is 11.6. The molecule has 0 fully saturated rings. The molecule has 1 heterocycles. The molecule has 1 amide bonds. The van der Waals surface area contributed by atoms with Gasteiger partial charge in [0.25, 0.3) is 5.91 Å². The molecule has 6 nitrogen and oxygen atoms in total. The van der Waals surface area contributed by atoms with Gasteiger partial charge in [-0.1, -0.05) is 57.2 Å². The number of hydrogen-bond donors (Lipinski definition) is 3. The van der Waals surface area contributed by atoms with Gasteiger partial charge in [-0.05, 0) is 59.5 Å². The Hall–Kier alpha value is -3.99. The van der Waals surface area contributed by atoms with E-state index in [4.69, 9.17) is 0 Å². The van der Waals surface area contributed by atoms with Crippen LogP contribution in [0.3, 0.4) is 0 Å². The van der Waals surface area contributed by atoms with E-state index in [1.807, 2.05) is 6.92 Å². The molecule has 0 aliphatic heterocycles. The molecule has 11 heteroatoms. The molecule has 0 saturated heterocycles. The van der Waals surface area contributed by atoms with E-state index in [1.165, 1.54) is 30.3 Å². The van der Waals surface area contributed by atoms with Crippen molar-refractivity contribution in [1.82, 2.24) is 10.3 Å². The van der Waals surface area contributed by atoms with Crippen molar-refractivity contribution in [2.75, 3.05) is 5.32 Å². The maximum Gasteiger partial charge on any atom is 0.416 e. The molecule has 0 aliphatic carbocycles. The highest BCUT2D eigenvalue weighted by molar-refractivity contribution is 7.22. The van der Waals surface area contributed by atoms with Crippen LogP contribution in [0.5, 0.6) is 0 Å². The molecule has 0 radical (unpaired) electrons. The lowest BCUT2D eigenvalue weighted by Crippen LogP contribution is -2.45. The lowest BCUT2D eigenvalue weighted by molar-refractivity contribution is -0.140. The summed E-state index contributed by atoms with van der Waals surface area (Å²) < 4.78 is 54.1. The third-order valence-electron chi connectivity index (χ3n) is 6.17. The molecule has 0 bridgehead atoms. The van der Waals surface area contributed by atoms with Gasteiger partial charge in [-0.25, -0.2) is 14.2 Å². The van der Waals surface area contributed by atoms with E-state index in [1.54, 1.807) is 25.1 Å². The average Bonchev–Trinajstić information content (AvgIpc) is 3.29. The molecule has 39 heavy (non-hydrogen) atoms. The van der Waals surface area contributed by atoms with Crippen LogP contribution in [0.25, 0.3) is 21.3 Å². The van der Waals surface area contributed by atoms with Crippen LogP contribution in [0.1, 0.15) is 43.6 Å². The van der Waals surface area contributed by atoms with Gasteiger partial charge >= 0.3 is 12.1 Å². The van der Waals surface area contributed by atoms with Gasteiger partial charge in [0, 0.05) is 5.56 Å². The fourth-order valence-corrected chi connectivity index (χ4v) is 4.70. The van der Waals surface area contributed by atoms with Crippen LogP contribution < -0.4 is 10.6 Å². The Bertz CT molecular complexity index is 1490. The summed E-state index contributed by atoms with van der Waals surface area (Å²) in [6.07, 6.45) is -3.88. The molecule has 4 aromatic rings. The van der Waals surface area contributed by atoms with Crippen molar-refractivity contribution in [2.45, 2.75) is 39.9 Å². The van der Waals surface area contributed by atoms with Crippen molar-refractivity contribution >= 4 is 44.2 Å². The SMILES string of the molecule is C.CC[C@H](C)[C@H](NC(=O)c1ccc(-c2ccc(Nc3nc4ccc(C(F)(F)F)cc4s3)c(F)c2)cc1)C(=O)O. The smallest absolute Gasteiger partial charge is 0.416 e. The van der Waals surface area contributed by atoms with Crippen molar-refractivity contribution in [1.29, 1.82) is 0 Å². The van der Waals surface area contributed by atoms with Gasteiger partial charge in [-0.2, -0.15) is 13.2 Å². The van der Waals surface area contributed by atoms with Gasteiger partial charge in [-0.3, -0.25) is 4.79 Å². The first-order chi connectivity index (χ1) is 18.0. The number of halogens is 4. The summed E-state index contributed by atoms with van der Waals surface area (Å²) in [4.78, 5) is 28.2. The normalized spacial score (nSPS) is 12.9. The number of fused-ring (bicyclic) bond motifs is 1. The number of thiazole rings is 1. The van der Waals surface area contributed by atoms with E-state index in [0.29, 0.717) is 27.8 Å². The number of nitrogens with one attached hydrogen (secondary N) is 2. The van der Waals surface area contributed by atoms with Crippen LogP contribution in [-0.4, -0.2) is 28.0 Å². The van der Waals surface area contributed by atoms with Gasteiger partial charge in [0.1, 0.15) is 11.9 Å². The van der Waals surface area contributed by atoms with Crippen molar-refractivity contribution in [3.63, 3.8) is 0 Å². The zero-order valence-electron chi connectivity index (χ0n) is 20.3. The van der Waals surface area contributed by atoms with Crippen molar-refractivity contribution < 1.29 is 32.3 Å². The lowest BCUT2D eigenvalue weighted by atomic mass is 9.98. The summed E-state index contributed by atoms with van der Waals surface area (Å²) in [5.74, 6) is -2.47. The minimum Gasteiger partial charge on any atom is -0.480 e. The minimum atomic E-state index is -4.47. The minimum absolute atomic E-state index is 0. The van der Waals surface area contributed by atoms with Crippen molar-refractivity contribution in [2.24, 2.45) is 5.92 Å². The van der Waals surface area contributed by atoms with Gasteiger partial charge in [0.05, 0.1) is 21.5 Å². The van der Waals surface area contributed by atoms with Crippen LogP contribution in [0.2, 0.25) is 0 Å². The maximum absolute atomic E-state index is 14.9. The number of nitrogens with zero attached hydrogens (tertiary/aromatic N) is 1. The number of rotatable bonds is 8. The monoisotopic (exact) mass is 561 g/mol. The second-order valence-electron chi connectivity index (χ2n) is 8.77. The Morgan fingerprint density at radius 3 is 2.28 bits per heavy atom. The highest BCUT2D eigenvalue weighted by Crippen LogP contribution is 2.35. The highest BCUT2D eigenvalue weighted by atomic mass is 32.1. The van der Waals surface area contributed by atoms with Crippen LogP contribution in [0, 0.1) is 11.7 Å². The zero-order chi connectivity index (χ0) is 27.6. The van der Waals surface area contributed by atoms with E-state index in [2.05, 4.69) is 15.6 Å². The summed E-state index contributed by atoms with van der Waals surface area (Å²) in [6.45, 7) is 3.59. The van der Waals surface area contributed by atoms with Crippen molar-refractivity contribution in [3.8, 4) is 11.1 Å². The maximum atomic E-state index is 14.9. The number of carboxylic acids is 1. The molecule has 0 unspecified atom stereocenters. The lowest BCUT2D eigenvalue weighted by Gasteiger charge is -2.20. The number of carboxylic acid groups (broad SMARTS) is 1. The third-order valence-corrected chi connectivity index (χ3v) is 7.11. The first kappa shape index (κ1) is 29.6. The molecule has 206 valence electrons. The Morgan fingerprint density at radius 1 is 1.03 bits per heavy atom. The van der Waals surface area contributed by atoms with E-state index >= 15 is 0 Å². The Balaban J connectivity index is 0.00000420. The van der Waals surface area contributed by atoms with E-state index < -0.39 is 35.5 Å². The molecule has 0 spiro atoms. The average molecular weight is 562 g/mol. The second-order valence-corrected chi connectivity index (χ2v) is 9.80. The summed E-state index contributed by atoms with van der Waals surface area (Å²) in [6, 6.07) is 13.0. The molecule has 3 aromatic carbocycles. The number of amides is 1. The number of aliphatic carboxylic acids is 1. The number of anilines is 2. The Morgan fingerprint density at radius 2 is 1.69 bits per heavy atom. The number of carbonyl (C=O) groups is 2. The molecule has 1 aromatic heterocycles. The van der Waals surface area contributed by atoms with Gasteiger partial charge < -0.3 is 15.7 Å². The molecule has 2 atom stereocenters. The first-order valence-corrected chi connectivity index (χ1v) is 12.5. The van der Waals surface area contributed by atoms with Gasteiger partial charge in [0.2, 0.25) is 0 Å².